The van der Waals surface area contributed by atoms with Crippen molar-refractivity contribution in [3.63, 3.8) is 0 Å². The average Bonchev–Trinajstić information content (AvgIpc) is 3.41. The summed E-state index contributed by atoms with van der Waals surface area (Å²) < 4.78 is 1.55. The summed E-state index contributed by atoms with van der Waals surface area (Å²) in [4.78, 5) is 22.8. The first-order valence-electron chi connectivity index (χ1n) is 9.91. The predicted octanol–water partition coefficient (Wildman–Crippen LogP) is 4.83. The van der Waals surface area contributed by atoms with E-state index in [-0.39, 0.29) is 18.1 Å². The molecule has 0 radical (unpaired) electrons. The molecule has 0 N–H and O–H groups in total. The van der Waals surface area contributed by atoms with Gasteiger partial charge in [0.15, 0.2) is 0 Å². The van der Waals surface area contributed by atoms with E-state index in [0.717, 1.165) is 28.9 Å². The van der Waals surface area contributed by atoms with Crippen molar-refractivity contribution < 1.29 is 0 Å². The van der Waals surface area contributed by atoms with E-state index in [2.05, 4.69) is 29.3 Å². The van der Waals surface area contributed by atoms with Crippen molar-refractivity contribution in [2.24, 2.45) is 0 Å². The lowest BCUT2D eigenvalue weighted by molar-refractivity contribution is 0.184. The molecule has 7 heteroatoms. The molecule has 1 aliphatic heterocycles. The van der Waals surface area contributed by atoms with Crippen LogP contribution in [0, 0.1) is 11.3 Å². The molecule has 4 heterocycles. The third-order valence-corrected chi connectivity index (χ3v) is 7.70. The smallest absolute Gasteiger partial charge is 0.263 e. The fourth-order valence-corrected chi connectivity index (χ4v) is 6.13. The van der Waals surface area contributed by atoms with E-state index in [9.17, 15) is 10.1 Å². The number of hydrogen-bond donors (Lipinski definition) is 0. The van der Waals surface area contributed by atoms with Gasteiger partial charge in [-0.25, -0.2) is 4.98 Å². The average molecular weight is 433 g/mol. The Hall–Kier alpha value is -2.79. The summed E-state index contributed by atoms with van der Waals surface area (Å²) in [5.74, 6) is 0.668. The highest BCUT2D eigenvalue weighted by atomic mass is 32.1. The molecule has 1 atom stereocenters. The number of rotatable bonds is 4. The zero-order valence-electron chi connectivity index (χ0n) is 16.5. The van der Waals surface area contributed by atoms with Gasteiger partial charge in [0.2, 0.25) is 0 Å². The zero-order chi connectivity index (χ0) is 20.7. The number of benzene rings is 1. The number of hydrogen-bond acceptors (Lipinski definition) is 6. The largest absolute Gasteiger partial charge is 0.289 e. The topological polar surface area (TPSA) is 61.9 Å². The molecular weight excluding hydrogens is 412 g/mol. The van der Waals surface area contributed by atoms with Gasteiger partial charge in [0.05, 0.1) is 18.0 Å². The standard InChI is InChI=1S/C23H20N4OS2/c1-15-17-8-12-29-19(17)7-10-26(15)13-20-25-22-21(23(28)27(20)11-9-24)18(14-30-22)16-5-3-2-4-6-16/h2-6,8,12,14-15H,7,10-11,13H2,1H3/t15-/m0/s1. The summed E-state index contributed by atoms with van der Waals surface area (Å²) in [7, 11) is 0. The van der Waals surface area contributed by atoms with Crippen LogP contribution in [0.5, 0.6) is 0 Å². The van der Waals surface area contributed by atoms with Crippen LogP contribution >= 0.6 is 22.7 Å². The van der Waals surface area contributed by atoms with Crippen LogP contribution in [0.2, 0.25) is 0 Å². The summed E-state index contributed by atoms with van der Waals surface area (Å²) in [6.45, 7) is 3.69. The molecule has 0 fully saturated rings. The van der Waals surface area contributed by atoms with Gasteiger partial charge in [0, 0.05) is 28.4 Å². The molecule has 3 aromatic heterocycles. The fraction of sp³-hybridized carbons (Fsp3) is 0.261. The molecule has 0 unspecified atom stereocenters. The number of fused-ring (bicyclic) bond motifs is 2. The van der Waals surface area contributed by atoms with Crippen LogP contribution in [0.4, 0.5) is 0 Å². The molecule has 0 aliphatic carbocycles. The van der Waals surface area contributed by atoms with Crippen LogP contribution in [0.25, 0.3) is 21.3 Å². The van der Waals surface area contributed by atoms with Crippen molar-refractivity contribution in [1.82, 2.24) is 14.5 Å². The van der Waals surface area contributed by atoms with E-state index in [4.69, 9.17) is 4.98 Å². The Kier molecular flexibility index (Phi) is 4.99. The molecule has 1 aliphatic rings. The lowest BCUT2D eigenvalue weighted by Crippen LogP contribution is -2.36. The van der Waals surface area contributed by atoms with Crippen LogP contribution in [0.3, 0.4) is 0 Å². The lowest BCUT2D eigenvalue weighted by Gasteiger charge is -2.33. The van der Waals surface area contributed by atoms with Crippen LogP contribution in [0.1, 0.15) is 29.2 Å². The number of nitrogens with zero attached hydrogens (tertiary/aromatic N) is 4. The third kappa shape index (κ3) is 3.18. The molecule has 5 nitrogen and oxygen atoms in total. The van der Waals surface area contributed by atoms with Gasteiger partial charge in [-0.3, -0.25) is 14.3 Å². The van der Waals surface area contributed by atoms with Gasteiger partial charge < -0.3 is 0 Å². The second-order valence-electron chi connectivity index (χ2n) is 7.47. The fourth-order valence-electron chi connectivity index (χ4n) is 4.21. The molecule has 0 amide bonds. The highest BCUT2D eigenvalue weighted by molar-refractivity contribution is 7.17. The minimum atomic E-state index is -0.127. The molecule has 0 spiro atoms. The number of thiophene rings is 2. The van der Waals surface area contributed by atoms with Crippen molar-refractivity contribution in [2.45, 2.75) is 32.5 Å². The molecule has 0 saturated heterocycles. The van der Waals surface area contributed by atoms with Crippen molar-refractivity contribution in [1.29, 1.82) is 5.26 Å². The summed E-state index contributed by atoms with van der Waals surface area (Å²) in [6.07, 6.45) is 1.01. The highest BCUT2D eigenvalue weighted by Gasteiger charge is 2.26. The van der Waals surface area contributed by atoms with Gasteiger partial charge >= 0.3 is 0 Å². The van der Waals surface area contributed by atoms with Crippen molar-refractivity contribution in [2.75, 3.05) is 6.54 Å². The SMILES string of the molecule is C[C@H]1c2ccsc2CCN1Cc1nc2scc(-c3ccccc3)c2c(=O)n1CC#N. The van der Waals surface area contributed by atoms with Crippen molar-refractivity contribution in [3.8, 4) is 17.2 Å². The Balaban J connectivity index is 1.59. The molecule has 30 heavy (non-hydrogen) atoms. The second-order valence-corrected chi connectivity index (χ2v) is 9.33. The Morgan fingerprint density at radius 1 is 1.23 bits per heavy atom. The van der Waals surface area contributed by atoms with E-state index in [1.54, 1.807) is 4.57 Å². The molecule has 4 aromatic rings. The first kappa shape index (κ1) is 19.2. The molecule has 0 bridgehead atoms. The second kappa shape index (κ2) is 7.80. The molecule has 5 rings (SSSR count). The summed E-state index contributed by atoms with van der Waals surface area (Å²) in [5, 5.41) is 14.1. The van der Waals surface area contributed by atoms with E-state index in [1.807, 2.05) is 47.0 Å². The van der Waals surface area contributed by atoms with Crippen LogP contribution < -0.4 is 5.56 Å². The first-order valence-corrected chi connectivity index (χ1v) is 11.7. The normalized spacial score (nSPS) is 16.5. The highest BCUT2D eigenvalue weighted by Crippen LogP contribution is 2.34. The Bertz CT molecular complexity index is 1310. The summed E-state index contributed by atoms with van der Waals surface area (Å²) >= 11 is 3.31. The van der Waals surface area contributed by atoms with E-state index < -0.39 is 0 Å². The predicted molar refractivity (Wildman–Crippen MR) is 122 cm³/mol. The maximum Gasteiger partial charge on any atom is 0.263 e. The van der Waals surface area contributed by atoms with Gasteiger partial charge in [-0.05, 0) is 35.9 Å². The van der Waals surface area contributed by atoms with Gasteiger partial charge in [0.1, 0.15) is 17.2 Å². The Morgan fingerprint density at radius 2 is 2.07 bits per heavy atom. The molecular formula is C23H20N4OS2. The minimum Gasteiger partial charge on any atom is -0.289 e. The van der Waals surface area contributed by atoms with Gasteiger partial charge in [-0.2, -0.15) is 5.26 Å². The monoisotopic (exact) mass is 432 g/mol. The Labute approximate surface area is 182 Å². The first-order chi connectivity index (χ1) is 14.7. The van der Waals surface area contributed by atoms with Crippen molar-refractivity contribution >= 4 is 32.9 Å². The summed E-state index contributed by atoms with van der Waals surface area (Å²) in [5.41, 5.74) is 3.12. The third-order valence-electron chi connectivity index (χ3n) is 5.83. The number of aromatic nitrogens is 2. The van der Waals surface area contributed by atoms with Crippen LogP contribution in [0.15, 0.2) is 52.0 Å². The van der Waals surface area contributed by atoms with E-state index >= 15 is 0 Å². The lowest BCUT2D eigenvalue weighted by atomic mass is 10.0. The quantitative estimate of drug-likeness (QED) is 0.463. The minimum absolute atomic E-state index is 0.00705. The molecule has 0 saturated carbocycles. The molecule has 150 valence electrons. The maximum atomic E-state index is 13.4. The van der Waals surface area contributed by atoms with Gasteiger partial charge in [-0.1, -0.05) is 30.3 Å². The van der Waals surface area contributed by atoms with E-state index in [0.29, 0.717) is 17.8 Å². The van der Waals surface area contributed by atoms with Crippen LogP contribution in [-0.2, 0) is 19.5 Å². The molecule has 1 aromatic carbocycles. The summed E-state index contributed by atoms with van der Waals surface area (Å²) in [6, 6.07) is 14.5. The van der Waals surface area contributed by atoms with E-state index in [1.165, 1.54) is 21.8 Å². The van der Waals surface area contributed by atoms with Gasteiger partial charge in [0.25, 0.3) is 5.56 Å². The van der Waals surface area contributed by atoms with Crippen molar-refractivity contribution in [3.05, 3.63) is 73.8 Å². The Morgan fingerprint density at radius 3 is 2.87 bits per heavy atom. The zero-order valence-corrected chi connectivity index (χ0v) is 18.2. The van der Waals surface area contributed by atoms with Gasteiger partial charge in [-0.15, -0.1) is 22.7 Å². The maximum absolute atomic E-state index is 13.4. The number of nitriles is 1. The van der Waals surface area contributed by atoms with Crippen LogP contribution in [-0.4, -0.2) is 21.0 Å².